The zero-order valence-electron chi connectivity index (χ0n) is 5.11. The lowest BCUT2D eigenvalue weighted by atomic mass is 10.2. The Bertz CT molecular complexity index is 46.1. The van der Waals surface area contributed by atoms with Gasteiger partial charge in [-0.05, 0) is 0 Å². The fourth-order valence-electron chi connectivity index (χ4n) is 1.42. The molecule has 1 fully saturated rings. The molecule has 1 atom stereocenters. The maximum absolute atomic E-state index is 2.34. The lowest BCUT2D eigenvalue weighted by Crippen LogP contribution is -1.89. The largest absolute Gasteiger partial charge is 0.0654 e. The summed E-state index contributed by atoms with van der Waals surface area (Å²) in [5.41, 5.74) is 1.24. The van der Waals surface area contributed by atoms with E-state index < -0.39 is 0 Å². The van der Waals surface area contributed by atoms with Gasteiger partial charge in [0.2, 0.25) is 0 Å². The molecule has 7 heavy (non-hydrogen) atoms. The lowest BCUT2D eigenvalue weighted by molar-refractivity contribution is 0.740. The van der Waals surface area contributed by atoms with Crippen LogP contribution in [0.3, 0.4) is 0 Å². The molecule has 1 rings (SSSR count). The topological polar surface area (TPSA) is 0 Å². The van der Waals surface area contributed by atoms with Crippen LogP contribution in [-0.2, 0) is 0 Å². The molecule has 0 N–H and O–H groups in total. The van der Waals surface area contributed by atoms with E-state index in [1.165, 1.54) is 12.0 Å². The van der Waals surface area contributed by atoms with Crippen LogP contribution in [0.1, 0.15) is 26.2 Å². The highest BCUT2D eigenvalue weighted by atomic mass is 28.2. The Labute approximate surface area is 48.1 Å². The van der Waals surface area contributed by atoms with Crippen LogP contribution in [0.4, 0.5) is 0 Å². The fraction of sp³-hybridized carbons (Fsp3) is 1.00. The Morgan fingerprint density at radius 3 is 2.86 bits per heavy atom. The van der Waals surface area contributed by atoms with E-state index in [2.05, 4.69) is 6.92 Å². The van der Waals surface area contributed by atoms with E-state index >= 15 is 0 Å². The summed E-state index contributed by atoms with van der Waals surface area (Å²) in [6, 6.07) is 1.64. The van der Waals surface area contributed by atoms with Crippen LogP contribution in [0.2, 0.25) is 11.6 Å². The Morgan fingerprint density at radius 2 is 2.57 bits per heavy atom. The van der Waals surface area contributed by atoms with Gasteiger partial charge in [0.15, 0.2) is 0 Å². The second kappa shape index (κ2) is 2.51. The van der Waals surface area contributed by atoms with Gasteiger partial charge in [-0.15, -0.1) is 0 Å². The van der Waals surface area contributed by atoms with Crippen molar-refractivity contribution in [2.45, 2.75) is 37.8 Å². The van der Waals surface area contributed by atoms with Crippen molar-refractivity contribution in [3.8, 4) is 0 Å². The van der Waals surface area contributed by atoms with E-state index in [1.54, 1.807) is 18.9 Å². The van der Waals surface area contributed by atoms with Gasteiger partial charge < -0.3 is 0 Å². The fourth-order valence-corrected chi connectivity index (χ4v) is 3.56. The highest BCUT2D eigenvalue weighted by Crippen LogP contribution is 2.25. The van der Waals surface area contributed by atoms with Crippen molar-refractivity contribution in [3.05, 3.63) is 0 Å². The van der Waals surface area contributed by atoms with Crippen molar-refractivity contribution in [2.24, 2.45) is 0 Å². The number of hydrogen-bond acceptors (Lipinski definition) is 0. The highest BCUT2D eigenvalue weighted by Gasteiger charge is 2.11. The van der Waals surface area contributed by atoms with Crippen molar-refractivity contribution >= 4 is 9.52 Å². The smallest absolute Gasteiger partial charge is 0.0231 e. The van der Waals surface area contributed by atoms with E-state index in [9.17, 15) is 0 Å². The second-order valence-electron chi connectivity index (χ2n) is 2.56. The van der Waals surface area contributed by atoms with Crippen LogP contribution in [-0.4, -0.2) is 9.52 Å². The maximum Gasteiger partial charge on any atom is 0.0231 e. The molecular formula is C6H14Si. The van der Waals surface area contributed by atoms with Gasteiger partial charge >= 0.3 is 0 Å². The SMILES string of the molecule is CCC1CCC[SiH2]1. The van der Waals surface area contributed by atoms with Gasteiger partial charge in [-0.25, -0.2) is 0 Å². The molecule has 1 saturated heterocycles. The van der Waals surface area contributed by atoms with Crippen molar-refractivity contribution in [3.63, 3.8) is 0 Å². The molecule has 1 heterocycles. The van der Waals surface area contributed by atoms with Crippen molar-refractivity contribution in [1.82, 2.24) is 0 Å². The van der Waals surface area contributed by atoms with Crippen LogP contribution >= 0.6 is 0 Å². The average molecular weight is 114 g/mol. The molecule has 0 aromatic carbocycles. The first-order chi connectivity index (χ1) is 3.43. The third-order valence-corrected chi connectivity index (χ3v) is 4.76. The minimum Gasteiger partial charge on any atom is -0.0654 e. The zero-order valence-corrected chi connectivity index (χ0v) is 6.53. The van der Waals surface area contributed by atoms with Crippen LogP contribution in [0.5, 0.6) is 0 Å². The Balaban J connectivity index is 2.14. The number of rotatable bonds is 1. The summed E-state index contributed by atoms with van der Waals surface area (Å²) in [5.74, 6) is 0. The first kappa shape index (κ1) is 5.36. The summed E-state index contributed by atoms with van der Waals surface area (Å²) in [4.78, 5) is 0. The molecule has 1 unspecified atom stereocenters. The van der Waals surface area contributed by atoms with E-state index in [1.807, 2.05) is 0 Å². The second-order valence-corrected chi connectivity index (χ2v) is 5.00. The molecule has 1 heteroatoms. The van der Waals surface area contributed by atoms with Gasteiger partial charge in [0.1, 0.15) is 0 Å². The van der Waals surface area contributed by atoms with Gasteiger partial charge in [-0.1, -0.05) is 37.8 Å². The van der Waals surface area contributed by atoms with E-state index in [0.717, 1.165) is 0 Å². The average Bonchev–Trinajstić information content (AvgIpc) is 2.14. The first-order valence-electron chi connectivity index (χ1n) is 3.43. The zero-order chi connectivity index (χ0) is 5.11. The van der Waals surface area contributed by atoms with Gasteiger partial charge in [0.05, 0.1) is 0 Å². The van der Waals surface area contributed by atoms with Crippen molar-refractivity contribution in [2.75, 3.05) is 0 Å². The van der Waals surface area contributed by atoms with Crippen molar-refractivity contribution in [1.29, 1.82) is 0 Å². The van der Waals surface area contributed by atoms with Gasteiger partial charge in [-0.3, -0.25) is 0 Å². The van der Waals surface area contributed by atoms with E-state index in [0.29, 0.717) is 9.52 Å². The monoisotopic (exact) mass is 114 g/mol. The summed E-state index contributed by atoms with van der Waals surface area (Å²) < 4.78 is 0. The minimum atomic E-state index is 0.457. The highest BCUT2D eigenvalue weighted by molar-refractivity contribution is 6.38. The summed E-state index contributed by atoms with van der Waals surface area (Å²) >= 11 is 0. The third kappa shape index (κ3) is 1.30. The molecule has 1 aliphatic heterocycles. The molecule has 0 spiro atoms. The molecule has 0 saturated carbocycles. The van der Waals surface area contributed by atoms with E-state index in [-0.39, 0.29) is 0 Å². The lowest BCUT2D eigenvalue weighted by Gasteiger charge is -1.99. The molecule has 0 aliphatic carbocycles. The molecule has 0 bridgehead atoms. The number of hydrogen-bond donors (Lipinski definition) is 0. The molecular weight excluding hydrogens is 100 g/mol. The first-order valence-corrected chi connectivity index (χ1v) is 5.25. The quantitative estimate of drug-likeness (QED) is 0.454. The van der Waals surface area contributed by atoms with Crippen LogP contribution in [0.15, 0.2) is 0 Å². The van der Waals surface area contributed by atoms with Gasteiger partial charge in [-0.2, -0.15) is 0 Å². The van der Waals surface area contributed by atoms with Crippen LogP contribution < -0.4 is 0 Å². The van der Waals surface area contributed by atoms with Crippen LogP contribution in [0.25, 0.3) is 0 Å². The summed E-state index contributed by atoms with van der Waals surface area (Å²) in [5, 5.41) is 0. The summed E-state index contributed by atoms with van der Waals surface area (Å²) in [7, 11) is 0.457. The van der Waals surface area contributed by atoms with Crippen LogP contribution in [0, 0.1) is 0 Å². The van der Waals surface area contributed by atoms with Gasteiger partial charge in [0.25, 0.3) is 0 Å². The van der Waals surface area contributed by atoms with E-state index in [4.69, 9.17) is 0 Å². The Kier molecular flexibility index (Phi) is 1.92. The molecule has 0 aromatic rings. The summed E-state index contributed by atoms with van der Waals surface area (Å²) in [6.07, 6.45) is 4.61. The maximum atomic E-state index is 2.34. The molecule has 0 nitrogen and oxygen atoms in total. The standard InChI is InChI=1S/C6H14Si/c1-2-6-4-3-5-7-6/h6H,2-5,7H2,1H3. The minimum absolute atomic E-state index is 0.457. The van der Waals surface area contributed by atoms with Crippen molar-refractivity contribution < 1.29 is 0 Å². The molecule has 42 valence electrons. The third-order valence-electron chi connectivity index (χ3n) is 2.05. The Morgan fingerprint density at radius 1 is 1.71 bits per heavy atom. The summed E-state index contributed by atoms with van der Waals surface area (Å²) in [6.45, 7) is 2.34. The molecule has 0 aromatic heterocycles. The molecule has 1 aliphatic rings. The Hall–Kier alpha value is 0.217. The molecule has 0 radical (unpaired) electrons. The molecule has 0 amide bonds. The predicted octanol–water partition coefficient (Wildman–Crippen LogP) is 1.57. The normalized spacial score (nSPS) is 34.7. The van der Waals surface area contributed by atoms with Gasteiger partial charge in [0, 0.05) is 9.52 Å². The predicted molar refractivity (Wildman–Crippen MR) is 36.6 cm³/mol.